The number of carbonyl (C=O) groups is 3. The first-order chi connectivity index (χ1) is 16.5. The molecule has 0 spiro atoms. The van der Waals surface area contributed by atoms with Crippen LogP contribution in [0.15, 0.2) is 60.7 Å². The summed E-state index contributed by atoms with van der Waals surface area (Å²) < 4.78 is 5.61. The minimum absolute atomic E-state index is 0.00659. The molecular weight excluding hydrogens is 432 g/mol. The number of nitrogens with one attached hydrogen (secondary N) is 1. The zero-order valence-electron chi connectivity index (χ0n) is 18.9. The third kappa shape index (κ3) is 4.30. The summed E-state index contributed by atoms with van der Waals surface area (Å²) in [6.07, 6.45) is 4.88. The minimum Gasteiger partial charge on any atom is -0.481 e. The van der Waals surface area contributed by atoms with Gasteiger partial charge < -0.3 is 20.1 Å². The summed E-state index contributed by atoms with van der Waals surface area (Å²) >= 11 is 0. The van der Waals surface area contributed by atoms with Gasteiger partial charge in [0, 0.05) is 19.0 Å². The molecule has 0 radical (unpaired) electrons. The molecule has 2 N–H and O–H groups in total. The Bertz CT molecular complexity index is 1100. The Morgan fingerprint density at radius 3 is 2.35 bits per heavy atom. The van der Waals surface area contributed by atoms with Crippen LogP contribution in [0.5, 0.6) is 0 Å². The number of likely N-dealkylation sites (tertiary alicyclic amines) is 1. The van der Waals surface area contributed by atoms with E-state index < -0.39 is 18.0 Å². The number of rotatable bonds is 5. The number of hydrogen-bond donors (Lipinski definition) is 2. The normalized spacial score (nSPS) is 23.3. The topological polar surface area (TPSA) is 95.9 Å². The van der Waals surface area contributed by atoms with Crippen molar-refractivity contribution < 1.29 is 24.2 Å². The van der Waals surface area contributed by atoms with Gasteiger partial charge >= 0.3 is 12.1 Å². The molecule has 3 unspecified atom stereocenters. The molecule has 1 fully saturated rings. The molecule has 34 heavy (non-hydrogen) atoms. The van der Waals surface area contributed by atoms with Crippen molar-refractivity contribution in [2.45, 2.75) is 31.2 Å². The number of amides is 2. The van der Waals surface area contributed by atoms with E-state index in [4.69, 9.17) is 4.74 Å². The van der Waals surface area contributed by atoms with Crippen molar-refractivity contribution in [3.05, 3.63) is 71.8 Å². The van der Waals surface area contributed by atoms with Crippen molar-refractivity contribution in [2.75, 3.05) is 19.7 Å². The number of carboxylic acid groups (broad SMARTS) is 1. The number of nitrogens with zero attached hydrogens (tertiary/aromatic N) is 1. The molecule has 2 aliphatic carbocycles. The fraction of sp³-hybridized carbons (Fsp3) is 0.370. The van der Waals surface area contributed by atoms with Gasteiger partial charge in [0.1, 0.15) is 6.61 Å². The maximum absolute atomic E-state index is 12.9. The highest BCUT2D eigenvalue weighted by atomic mass is 16.5. The lowest BCUT2D eigenvalue weighted by atomic mass is 9.96. The van der Waals surface area contributed by atoms with E-state index in [1.807, 2.05) is 30.3 Å². The number of fused-ring (bicyclic) bond motifs is 3. The highest BCUT2D eigenvalue weighted by molar-refractivity contribution is 5.83. The van der Waals surface area contributed by atoms with Gasteiger partial charge in [-0.05, 0) is 41.5 Å². The Labute approximate surface area is 198 Å². The molecule has 3 atom stereocenters. The first kappa shape index (κ1) is 22.2. The Hall–Kier alpha value is -3.61. The van der Waals surface area contributed by atoms with Gasteiger partial charge in [-0.2, -0.15) is 0 Å². The molecule has 176 valence electrons. The Morgan fingerprint density at radius 2 is 1.68 bits per heavy atom. The first-order valence-corrected chi connectivity index (χ1v) is 11.8. The summed E-state index contributed by atoms with van der Waals surface area (Å²) in [7, 11) is 0. The number of carboxylic acids is 1. The lowest BCUT2D eigenvalue weighted by molar-refractivity contribution is -0.146. The number of ether oxygens (including phenoxy) is 1. The molecule has 2 amide bonds. The Balaban J connectivity index is 1.14. The van der Waals surface area contributed by atoms with Crippen LogP contribution >= 0.6 is 0 Å². The van der Waals surface area contributed by atoms with E-state index in [0.717, 1.165) is 11.1 Å². The van der Waals surface area contributed by atoms with Gasteiger partial charge in [0.25, 0.3) is 0 Å². The summed E-state index contributed by atoms with van der Waals surface area (Å²) in [5.74, 6) is -1.79. The smallest absolute Gasteiger partial charge is 0.407 e. The first-order valence-electron chi connectivity index (χ1n) is 11.8. The van der Waals surface area contributed by atoms with Crippen LogP contribution in [0.4, 0.5) is 4.79 Å². The molecule has 1 aliphatic heterocycles. The molecule has 0 bridgehead atoms. The molecule has 3 aliphatic rings. The van der Waals surface area contributed by atoms with E-state index in [2.05, 4.69) is 29.6 Å². The summed E-state index contributed by atoms with van der Waals surface area (Å²) in [5.41, 5.74) is 4.67. The van der Waals surface area contributed by atoms with Crippen LogP contribution in [-0.2, 0) is 14.3 Å². The van der Waals surface area contributed by atoms with Crippen molar-refractivity contribution >= 4 is 18.0 Å². The predicted octanol–water partition coefficient (Wildman–Crippen LogP) is 3.79. The van der Waals surface area contributed by atoms with Gasteiger partial charge in [-0.1, -0.05) is 60.7 Å². The van der Waals surface area contributed by atoms with E-state index in [9.17, 15) is 19.5 Å². The monoisotopic (exact) mass is 460 g/mol. The van der Waals surface area contributed by atoms with Crippen LogP contribution in [0, 0.1) is 11.8 Å². The highest BCUT2D eigenvalue weighted by Gasteiger charge is 2.34. The van der Waals surface area contributed by atoms with Crippen molar-refractivity contribution in [3.63, 3.8) is 0 Å². The lowest BCUT2D eigenvalue weighted by Gasteiger charge is -2.32. The molecule has 1 heterocycles. The molecule has 2 aromatic carbocycles. The van der Waals surface area contributed by atoms with Crippen LogP contribution in [0.3, 0.4) is 0 Å². The fourth-order valence-corrected chi connectivity index (χ4v) is 5.39. The zero-order valence-corrected chi connectivity index (χ0v) is 18.9. The third-order valence-electron chi connectivity index (χ3n) is 7.13. The summed E-state index contributed by atoms with van der Waals surface area (Å²) in [5, 5.41) is 12.1. The summed E-state index contributed by atoms with van der Waals surface area (Å²) in [4.78, 5) is 38.4. The second-order valence-corrected chi connectivity index (χ2v) is 9.27. The number of aliphatic carboxylic acids is 1. The van der Waals surface area contributed by atoms with E-state index in [1.165, 1.54) is 11.1 Å². The maximum Gasteiger partial charge on any atom is 0.407 e. The number of alkyl carbamates (subject to hydrolysis) is 1. The molecule has 0 aromatic heterocycles. The van der Waals surface area contributed by atoms with Gasteiger partial charge in [0.15, 0.2) is 0 Å². The van der Waals surface area contributed by atoms with Crippen LogP contribution in [0.25, 0.3) is 11.1 Å². The van der Waals surface area contributed by atoms with Crippen molar-refractivity contribution in [1.29, 1.82) is 0 Å². The number of hydrogen-bond acceptors (Lipinski definition) is 4. The van der Waals surface area contributed by atoms with E-state index >= 15 is 0 Å². The fourth-order valence-electron chi connectivity index (χ4n) is 5.39. The number of benzene rings is 2. The highest BCUT2D eigenvalue weighted by Crippen LogP contribution is 2.44. The van der Waals surface area contributed by atoms with E-state index in [0.29, 0.717) is 25.8 Å². The largest absolute Gasteiger partial charge is 0.481 e. The third-order valence-corrected chi connectivity index (χ3v) is 7.13. The van der Waals surface area contributed by atoms with Gasteiger partial charge in [-0.25, -0.2) is 4.79 Å². The second-order valence-electron chi connectivity index (χ2n) is 9.27. The maximum atomic E-state index is 12.9. The molecule has 7 heteroatoms. The predicted molar refractivity (Wildman–Crippen MR) is 126 cm³/mol. The number of carbonyl (C=O) groups excluding carboxylic acids is 2. The number of piperidine rings is 1. The molecule has 7 nitrogen and oxygen atoms in total. The molecule has 1 saturated heterocycles. The average Bonchev–Trinajstić information content (AvgIpc) is 3.45. The van der Waals surface area contributed by atoms with Crippen LogP contribution < -0.4 is 5.32 Å². The van der Waals surface area contributed by atoms with E-state index in [1.54, 1.807) is 11.0 Å². The van der Waals surface area contributed by atoms with Gasteiger partial charge in [-0.3, -0.25) is 9.59 Å². The average molecular weight is 461 g/mol. The molecule has 2 aromatic rings. The Kier molecular flexibility index (Phi) is 6.09. The lowest BCUT2D eigenvalue weighted by Crippen LogP contribution is -2.45. The standard InChI is InChI=1S/C27H28N2O5/c30-25(29-13-5-6-18(15-29)26(31)32)17-11-12-19(14-17)28-27(33)34-16-24-22-9-3-1-7-20(22)21-8-2-4-10-23(21)24/h1-4,7-12,17-19,24H,5-6,13-16H2,(H,28,33)(H,31,32). The van der Waals surface area contributed by atoms with Crippen molar-refractivity contribution in [3.8, 4) is 11.1 Å². The zero-order chi connectivity index (χ0) is 23.7. The van der Waals surface area contributed by atoms with Gasteiger partial charge in [-0.15, -0.1) is 0 Å². The van der Waals surface area contributed by atoms with Crippen molar-refractivity contribution in [1.82, 2.24) is 10.2 Å². The van der Waals surface area contributed by atoms with Gasteiger partial charge in [0.05, 0.1) is 17.9 Å². The summed E-state index contributed by atoms with van der Waals surface area (Å²) in [6.45, 7) is 1.07. The van der Waals surface area contributed by atoms with E-state index in [-0.39, 0.29) is 36.9 Å². The van der Waals surface area contributed by atoms with Gasteiger partial charge in [0.2, 0.25) is 5.91 Å². The molecular formula is C27H28N2O5. The van der Waals surface area contributed by atoms with Crippen LogP contribution in [0.2, 0.25) is 0 Å². The van der Waals surface area contributed by atoms with Crippen LogP contribution in [0.1, 0.15) is 36.3 Å². The molecule has 0 saturated carbocycles. The van der Waals surface area contributed by atoms with Crippen molar-refractivity contribution in [2.24, 2.45) is 11.8 Å². The van der Waals surface area contributed by atoms with Crippen LogP contribution in [-0.4, -0.2) is 53.7 Å². The summed E-state index contributed by atoms with van der Waals surface area (Å²) in [6, 6.07) is 16.1. The SMILES string of the molecule is O=C(NC1C=CC(C(=O)N2CCCC(C(=O)O)C2)C1)OCC1c2ccccc2-c2ccccc21. The second kappa shape index (κ2) is 9.33. The Morgan fingerprint density at radius 1 is 1.00 bits per heavy atom. The molecule has 5 rings (SSSR count). The minimum atomic E-state index is -0.853. The quantitative estimate of drug-likeness (QED) is 0.662.